The van der Waals surface area contributed by atoms with Gasteiger partial charge in [0, 0.05) is 10.9 Å². The summed E-state index contributed by atoms with van der Waals surface area (Å²) in [6, 6.07) is 4.30. The molecule has 0 spiro atoms. The molecule has 2 aromatic carbocycles. The standard InChI is InChI=1S/C16H6Cl5F3N2O2S2/c17-8-3-4-10(14(21)13(8)20)30(27,28)26-15-25-9(5-29-15)6-1-2-7(16(22,23)24)12(19)11(6)18/h1-5H,(H,25,26). The highest BCUT2D eigenvalue weighted by Crippen LogP contribution is 2.43. The lowest BCUT2D eigenvalue weighted by Gasteiger charge is -2.12. The van der Waals surface area contributed by atoms with Crippen LogP contribution in [0.5, 0.6) is 0 Å². The lowest BCUT2D eigenvalue weighted by Crippen LogP contribution is -2.13. The van der Waals surface area contributed by atoms with Crippen LogP contribution in [0.1, 0.15) is 5.56 Å². The first-order valence-electron chi connectivity index (χ1n) is 7.50. The van der Waals surface area contributed by atoms with E-state index in [1.165, 1.54) is 17.5 Å². The van der Waals surface area contributed by atoms with E-state index in [0.717, 1.165) is 23.5 Å². The summed E-state index contributed by atoms with van der Waals surface area (Å²) in [5.74, 6) is 0. The summed E-state index contributed by atoms with van der Waals surface area (Å²) < 4.78 is 66.2. The fourth-order valence-corrected chi connectivity index (χ4v) is 5.77. The number of alkyl halides is 3. The molecule has 0 amide bonds. The summed E-state index contributed by atoms with van der Waals surface area (Å²) in [7, 11) is -4.18. The highest BCUT2D eigenvalue weighted by molar-refractivity contribution is 7.93. The molecule has 0 aliphatic heterocycles. The second kappa shape index (κ2) is 8.54. The van der Waals surface area contributed by atoms with Crippen molar-refractivity contribution in [3.63, 3.8) is 0 Å². The van der Waals surface area contributed by atoms with Gasteiger partial charge in [-0.2, -0.15) is 13.2 Å². The zero-order chi connectivity index (χ0) is 22.4. The zero-order valence-electron chi connectivity index (χ0n) is 14.0. The second-order valence-corrected chi connectivity index (χ2v) is 10.0. The predicted octanol–water partition coefficient (Wildman–Crippen LogP) is 7.90. The van der Waals surface area contributed by atoms with E-state index in [-0.39, 0.29) is 41.4 Å². The Bertz CT molecular complexity index is 1250. The normalized spacial score (nSPS) is 12.3. The summed E-state index contributed by atoms with van der Waals surface area (Å²) in [6.07, 6.45) is -4.68. The average molecular weight is 557 g/mol. The van der Waals surface area contributed by atoms with E-state index in [9.17, 15) is 21.6 Å². The molecule has 14 heteroatoms. The van der Waals surface area contributed by atoms with Crippen molar-refractivity contribution in [2.75, 3.05) is 4.72 Å². The lowest BCUT2D eigenvalue weighted by atomic mass is 10.1. The molecule has 30 heavy (non-hydrogen) atoms. The van der Waals surface area contributed by atoms with Crippen molar-refractivity contribution in [2.45, 2.75) is 11.1 Å². The minimum Gasteiger partial charge on any atom is -0.255 e. The van der Waals surface area contributed by atoms with Crippen molar-refractivity contribution in [3.8, 4) is 11.3 Å². The molecule has 0 bridgehead atoms. The van der Waals surface area contributed by atoms with Crippen LogP contribution in [0.2, 0.25) is 25.1 Å². The fraction of sp³-hybridized carbons (Fsp3) is 0.0625. The number of halogens is 8. The Morgan fingerprint density at radius 2 is 1.57 bits per heavy atom. The Morgan fingerprint density at radius 3 is 2.20 bits per heavy atom. The lowest BCUT2D eigenvalue weighted by molar-refractivity contribution is -0.137. The van der Waals surface area contributed by atoms with Crippen molar-refractivity contribution in [3.05, 3.63) is 60.3 Å². The van der Waals surface area contributed by atoms with E-state index in [1.807, 2.05) is 0 Å². The molecular formula is C16H6Cl5F3N2O2S2. The predicted molar refractivity (Wildman–Crippen MR) is 115 cm³/mol. The summed E-state index contributed by atoms with van der Waals surface area (Å²) >= 11 is 30.2. The van der Waals surface area contributed by atoms with E-state index in [2.05, 4.69) is 9.71 Å². The molecule has 0 radical (unpaired) electrons. The van der Waals surface area contributed by atoms with Crippen molar-refractivity contribution in [1.29, 1.82) is 0 Å². The number of benzene rings is 2. The molecule has 160 valence electrons. The Balaban J connectivity index is 1.95. The second-order valence-electron chi connectivity index (χ2n) is 5.60. The number of anilines is 1. The molecule has 1 N–H and O–H groups in total. The van der Waals surface area contributed by atoms with E-state index in [1.54, 1.807) is 0 Å². The summed E-state index contributed by atoms with van der Waals surface area (Å²) in [4.78, 5) is 3.73. The van der Waals surface area contributed by atoms with Gasteiger partial charge in [0.05, 0.1) is 36.4 Å². The highest BCUT2D eigenvalue weighted by atomic mass is 35.5. The number of sulfonamides is 1. The first kappa shape index (κ1) is 23.7. The van der Waals surface area contributed by atoms with Crippen LogP contribution in [-0.2, 0) is 16.2 Å². The van der Waals surface area contributed by atoms with Gasteiger partial charge in [0.2, 0.25) is 0 Å². The summed E-state index contributed by atoms with van der Waals surface area (Å²) in [5.41, 5.74) is -0.870. The number of rotatable bonds is 4. The molecule has 0 aliphatic carbocycles. The van der Waals surface area contributed by atoms with E-state index >= 15 is 0 Å². The Kier molecular flexibility index (Phi) is 6.75. The first-order chi connectivity index (χ1) is 13.8. The maximum absolute atomic E-state index is 12.9. The molecule has 0 fully saturated rings. The van der Waals surface area contributed by atoms with Crippen LogP contribution >= 0.6 is 69.3 Å². The van der Waals surface area contributed by atoms with Gasteiger partial charge in [0.25, 0.3) is 10.0 Å². The topological polar surface area (TPSA) is 59.1 Å². The van der Waals surface area contributed by atoms with E-state index < -0.39 is 26.8 Å². The highest BCUT2D eigenvalue weighted by Gasteiger charge is 2.34. The monoisotopic (exact) mass is 554 g/mol. The minimum absolute atomic E-state index is 0.0750. The van der Waals surface area contributed by atoms with Gasteiger partial charge in [-0.15, -0.1) is 11.3 Å². The number of thiazole rings is 1. The molecule has 0 atom stereocenters. The molecule has 1 aromatic heterocycles. The van der Waals surface area contributed by atoms with Gasteiger partial charge in [-0.1, -0.05) is 64.1 Å². The third-order valence-corrected chi connectivity index (χ3v) is 8.23. The van der Waals surface area contributed by atoms with Gasteiger partial charge in [-0.3, -0.25) is 4.72 Å². The van der Waals surface area contributed by atoms with Crippen LogP contribution in [0.15, 0.2) is 34.5 Å². The molecule has 0 saturated carbocycles. The van der Waals surface area contributed by atoms with Gasteiger partial charge in [-0.25, -0.2) is 13.4 Å². The van der Waals surface area contributed by atoms with Crippen LogP contribution in [0, 0.1) is 0 Å². The number of nitrogens with zero attached hydrogens (tertiary/aromatic N) is 1. The van der Waals surface area contributed by atoms with Gasteiger partial charge in [0.15, 0.2) is 5.13 Å². The molecule has 4 nitrogen and oxygen atoms in total. The zero-order valence-corrected chi connectivity index (χ0v) is 19.4. The Morgan fingerprint density at radius 1 is 0.900 bits per heavy atom. The maximum Gasteiger partial charge on any atom is 0.417 e. The molecular weight excluding hydrogens is 551 g/mol. The SMILES string of the molecule is O=S(=O)(Nc1nc(-c2ccc(C(F)(F)F)c(Cl)c2Cl)cs1)c1ccc(Cl)c(Cl)c1Cl. The molecule has 0 aliphatic rings. The molecule has 1 heterocycles. The Labute approximate surface area is 197 Å². The smallest absolute Gasteiger partial charge is 0.255 e. The summed E-state index contributed by atoms with van der Waals surface area (Å²) in [5, 5.41) is -0.0550. The van der Waals surface area contributed by atoms with Crippen molar-refractivity contribution >= 4 is 84.5 Å². The van der Waals surface area contributed by atoms with Gasteiger partial charge < -0.3 is 0 Å². The van der Waals surface area contributed by atoms with Crippen LogP contribution in [0.3, 0.4) is 0 Å². The third-order valence-electron chi connectivity index (χ3n) is 3.68. The summed E-state index contributed by atoms with van der Waals surface area (Å²) in [6.45, 7) is 0. The molecule has 0 unspecified atom stereocenters. The van der Waals surface area contributed by atoms with Crippen LogP contribution in [-0.4, -0.2) is 13.4 Å². The van der Waals surface area contributed by atoms with Crippen LogP contribution < -0.4 is 4.72 Å². The van der Waals surface area contributed by atoms with Crippen molar-refractivity contribution < 1.29 is 21.6 Å². The third kappa shape index (κ3) is 4.62. The number of aromatic nitrogens is 1. The maximum atomic E-state index is 12.9. The molecule has 0 saturated heterocycles. The van der Waals surface area contributed by atoms with E-state index in [0.29, 0.717) is 0 Å². The van der Waals surface area contributed by atoms with Crippen LogP contribution in [0.25, 0.3) is 11.3 Å². The van der Waals surface area contributed by atoms with Gasteiger partial charge in [0.1, 0.15) is 4.90 Å². The average Bonchev–Trinajstić information content (AvgIpc) is 3.08. The van der Waals surface area contributed by atoms with Gasteiger partial charge in [-0.05, 0) is 18.2 Å². The fourth-order valence-electron chi connectivity index (χ4n) is 2.30. The minimum atomic E-state index is -4.68. The molecule has 3 rings (SSSR count). The van der Waals surface area contributed by atoms with Crippen molar-refractivity contribution in [1.82, 2.24) is 4.98 Å². The quantitative estimate of drug-likeness (QED) is 0.333. The first-order valence-corrected chi connectivity index (χ1v) is 11.8. The Hall–Kier alpha value is -0.940. The largest absolute Gasteiger partial charge is 0.417 e. The molecule has 3 aromatic rings. The van der Waals surface area contributed by atoms with Gasteiger partial charge >= 0.3 is 6.18 Å². The number of hydrogen-bond donors (Lipinski definition) is 1. The van der Waals surface area contributed by atoms with Crippen molar-refractivity contribution in [2.24, 2.45) is 0 Å². The number of hydrogen-bond acceptors (Lipinski definition) is 4. The number of nitrogens with one attached hydrogen (secondary N) is 1. The van der Waals surface area contributed by atoms with E-state index in [4.69, 9.17) is 58.0 Å². The van der Waals surface area contributed by atoms with Crippen LogP contribution in [0.4, 0.5) is 18.3 Å².